The van der Waals surface area contributed by atoms with Crippen molar-refractivity contribution in [2.24, 2.45) is 0 Å². The van der Waals surface area contributed by atoms with Gasteiger partial charge >= 0.3 is 0 Å². The van der Waals surface area contributed by atoms with E-state index in [0.717, 1.165) is 5.56 Å². The number of rotatable bonds is 3. The Hall–Kier alpha value is -1.19. The maximum atomic E-state index is 13.7. The molecule has 0 unspecified atom stereocenters. The Bertz CT molecular complexity index is 581. The maximum Gasteiger partial charge on any atom is 0.170 e. The van der Waals surface area contributed by atoms with Gasteiger partial charge in [-0.15, -0.1) is 0 Å². The summed E-state index contributed by atoms with van der Waals surface area (Å²) in [6.07, 6.45) is 0.157. The molecule has 0 atom stereocenters. The van der Waals surface area contributed by atoms with Gasteiger partial charge in [0.25, 0.3) is 0 Å². The molecule has 2 rings (SSSR count). The Kier molecular flexibility index (Phi) is 4.15. The first-order valence-corrected chi connectivity index (χ1v) is 6.46. The molecule has 1 nitrogen and oxygen atoms in total. The number of hydrogen-bond donors (Lipinski definition) is 0. The van der Waals surface area contributed by atoms with Gasteiger partial charge in [-0.2, -0.15) is 0 Å². The van der Waals surface area contributed by atoms with Gasteiger partial charge in [0, 0.05) is 11.4 Å². The van der Waals surface area contributed by atoms with E-state index in [9.17, 15) is 9.18 Å². The van der Waals surface area contributed by atoms with E-state index in [0.29, 0.717) is 9.50 Å². The van der Waals surface area contributed by atoms with E-state index >= 15 is 0 Å². The molecule has 0 saturated carbocycles. The lowest BCUT2D eigenvalue weighted by atomic mass is 10.0. The van der Waals surface area contributed by atoms with Crippen LogP contribution in [0.25, 0.3) is 0 Å². The lowest BCUT2D eigenvalue weighted by molar-refractivity contribution is 0.0989. The van der Waals surface area contributed by atoms with Gasteiger partial charge < -0.3 is 0 Å². The van der Waals surface area contributed by atoms with Crippen molar-refractivity contribution in [2.75, 3.05) is 0 Å². The molecular formula is C14H9BrClFO. The van der Waals surface area contributed by atoms with Crippen LogP contribution in [0.4, 0.5) is 4.39 Å². The minimum absolute atomic E-state index is 0.0966. The van der Waals surface area contributed by atoms with Crippen LogP contribution in [0.5, 0.6) is 0 Å². The van der Waals surface area contributed by atoms with Gasteiger partial charge in [0.15, 0.2) is 5.78 Å². The number of ketones is 1. The summed E-state index contributed by atoms with van der Waals surface area (Å²) in [7, 11) is 0. The fourth-order valence-electron chi connectivity index (χ4n) is 1.60. The van der Waals surface area contributed by atoms with Crippen LogP contribution in [0.2, 0.25) is 5.02 Å². The van der Waals surface area contributed by atoms with Crippen molar-refractivity contribution in [1.29, 1.82) is 0 Å². The number of carbonyl (C=O) groups excluding carboxylic acids is 1. The highest BCUT2D eigenvalue weighted by atomic mass is 79.9. The molecule has 0 aliphatic carbocycles. The summed E-state index contributed by atoms with van der Waals surface area (Å²) in [6.45, 7) is 0. The number of halogens is 3. The second-order valence-corrected chi connectivity index (χ2v) is 5.12. The van der Waals surface area contributed by atoms with Crippen molar-refractivity contribution >= 4 is 33.3 Å². The van der Waals surface area contributed by atoms with Crippen LogP contribution in [0, 0.1) is 5.82 Å². The summed E-state index contributed by atoms with van der Waals surface area (Å²) in [5, 5.41) is 0.611. The van der Waals surface area contributed by atoms with E-state index in [1.807, 2.05) is 0 Å². The van der Waals surface area contributed by atoms with E-state index < -0.39 is 5.82 Å². The van der Waals surface area contributed by atoms with Crippen LogP contribution >= 0.6 is 27.5 Å². The van der Waals surface area contributed by atoms with E-state index in [1.165, 1.54) is 6.07 Å². The van der Waals surface area contributed by atoms with Gasteiger partial charge in [-0.3, -0.25) is 4.79 Å². The van der Waals surface area contributed by atoms with Crippen molar-refractivity contribution < 1.29 is 9.18 Å². The van der Waals surface area contributed by atoms with Crippen LogP contribution < -0.4 is 0 Å². The SMILES string of the molecule is O=C(Cc1ccc(Cl)cc1)c1cccc(Br)c1F. The van der Waals surface area contributed by atoms with Gasteiger partial charge in [0.2, 0.25) is 0 Å². The Labute approximate surface area is 118 Å². The normalized spacial score (nSPS) is 10.4. The van der Waals surface area contributed by atoms with Crippen LogP contribution in [-0.2, 0) is 6.42 Å². The Morgan fingerprint density at radius 3 is 2.50 bits per heavy atom. The second-order valence-electron chi connectivity index (χ2n) is 3.83. The molecule has 0 saturated heterocycles. The predicted molar refractivity (Wildman–Crippen MR) is 73.6 cm³/mol. The minimum Gasteiger partial charge on any atom is -0.294 e. The second kappa shape index (κ2) is 5.63. The molecular weight excluding hydrogens is 319 g/mol. The lowest BCUT2D eigenvalue weighted by Gasteiger charge is -2.04. The third-order valence-electron chi connectivity index (χ3n) is 2.53. The molecule has 4 heteroatoms. The molecule has 2 aromatic rings. The zero-order valence-electron chi connectivity index (χ0n) is 9.29. The molecule has 0 bridgehead atoms. The van der Waals surface area contributed by atoms with E-state index in [4.69, 9.17) is 11.6 Å². The molecule has 0 radical (unpaired) electrons. The number of hydrogen-bond acceptors (Lipinski definition) is 1. The summed E-state index contributed by atoms with van der Waals surface area (Å²) in [5.74, 6) is -0.771. The van der Waals surface area contributed by atoms with Gasteiger partial charge in [0.05, 0.1) is 10.0 Å². The van der Waals surface area contributed by atoms with Crippen molar-refractivity contribution in [3.63, 3.8) is 0 Å². The molecule has 0 aliphatic rings. The first kappa shape index (κ1) is 13.2. The van der Waals surface area contributed by atoms with Crippen LogP contribution in [0.1, 0.15) is 15.9 Å². The monoisotopic (exact) mass is 326 g/mol. The number of benzene rings is 2. The Balaban J connectivity index is 2.22. The molecule has 0 heterocycles. The first-order chi connectivity index (χ1) is 8.58. The summed E-state index contributed by atoms with van der Waals surface area (Å²) < 4.78 is 14.0. The fraction of sp³-hybridized carbons (Fsp3) is 0.0714. The van der Waals surface area contributed by atoms with E-state index in [-0.39, 0.29) is 17.8 Å². The van der Waals surface area contributed by atoms with Crippen molar-refractivity contribution in [1.82, 2.24) is 0 Å². The quantitative estimate of drug-likeness (QED) is 0.749. The summed E-state index contributed by atoms with van der Waals surface area (Å²) in [6, 6.07) is 11.6. The van der Waals surface area contributed by atoms with Gasteiger partial charge in [-0.05, 0) is 45.8 Å². The smallest absolute Gasteiger partial charge is 0.170 e. The highest BCUT2D eigenvalue weighted by Crippen LogP contribution is 2.20. The molecule has 0 amide bonds. The van der Waals surface area contributed by atoms with E-state index in [2.05, 4.69) is 15.9 Å². The topological polar surface area (TPSA) is 17.1 Å². The molecule has 0 aliphatic heterocycles. The maximum absolute atomic E-state index is 13.7. The summed E-state index contributed by atoms with van der Waals surface area (Å²) in [4.78, 5) is 12.0. The largest absolute Gasteiger partial charge is 0.294 e. The van der Waals surface area contributed by atoms with Crippen LogP contribution in [0.15, 0.2) is 46.9 Å². The third-order valence-corrected chi connectivity index (χ3v) is 3.39. The zero-order chi connectivity index (χ0) is 13.1. The minimum atomic E-state index is -0.517. The molecule has 0 aromatic heterocycles. The highest BCUT2D eigenvalue weighted by Gasteiger charge is 2.14. The van der Waals surface area contributed by atoms with Crippen LogP contribution in [0.3, 0.4) is 0 Å². The highest BCUT2D eigenvalue weighted by molar-refractivity contribution is 9.10. The third kappa shape index (κ3) is 2.98. The molecule has 0 N–H and O–H groups in total. The lowest BCUT2D eigenvalue weighted by Crippen LogP contribution is -2.06. The van der Waals surface area contributed by atoms with Crippen molar-refractivity contribution in [3.05, 3.63) is 68.9 Å². The number of Topliss-reactive ketones (excluding diaryl/α,β-unsaturated/α-hetero) is 1. The molecule has 0 fully saturated rings. The van der Waals surface area contributed by atoms with Gasteiger partial charge in [0.1, 0.15) is 5.82 Å². The average molecular weight is 328 g/mol. The predicted octanol–water partition coefficient (Wildman–Crippen LogP) is 4.67. The molecule has 0 spiro atoms. The summed E-state index contributed by atoms with van der Waals surface area (Å²) >= 11 is 8.82. The summed E-state index contributed by atoms with van der Waals surface area (Å²) in [5.41, 5.74) is 0.906. The number of carbonyl (C=O) groups is 1. The zero-order valence-corrected chi connectivity index (χ0v) is 11.6. The van der Waals surface area contributed by atoms with Crippen molar-refractivity contribution in [2.45, 2.75) is 6.42 Å². The van der Waals surface area contributed by atoms with Gasteiger partial charge in [-0.1, -0.05) is 29.8 Å². The van der Waals surface area contributed by atoms with E-state index in [1.54, 1.807) is 36.4 Å². The molecule has 18 heavy (non-hydrogen) atoms. The Morgan fingerprint density at radius 1 is 1.17 bits per heavy atom. The average Bonchev–Trinajstić information content (AvgIpc) is 2.35. The van der Waals surface area contributed by atoms with Crippen LogP contribution in [-0.4, -0.2) is 5.78 Å². The van der Waals surface area contributed by atoms with Gasteiger partial charge in [-0.25, -0.2) is 4.39 Å². The van der Waals surface area contributed by atoms with Crippen molar-refractivity contribution in [3.8, 4) is 0 Å². The fourth-order valence-corrected chi connectivity index (χ4v) is 2.09. The standard InChI is InChI=1S/C14H9BrClFO/c15-12-3-1-2-11(14(12)17)13(18)8-9-4-6-10(16)7-5-9/h1-7H,8H2. The Morgan fingerprint density at radius 2 is 1.83 bits per heavy atom. The first-order valence-electron chi connectivity index (χ1n) is 5.29. The molecule has 2 aromatic carbocycles. The molecule has 92 valence electrons.